The van der Waals surface area contributed by atoms with Gasteiger partial charge >= 0.3 is 0 Å². The van der Waals surface area contributed by atoms with Crippen molar-refractivity contribution in [1.82, 2.24) is 9.97 Å². The first-order valence-corrected chi connectivity index (χ1v) is 6.94. The molecule has 2 aromatic heterocycles. The van der Waals surface area contributed by atoms with Crippen LogP contribution in [0.2, 0.25) is 0 Å². The Morgan fingerprint density at radius 1 is 1.28 bits per heavy atom. The molecule has 0 amide bonds. The summed E-state index contributed by atoms with van der Waals surface area (Å²) in [7, 11) is 0. The highest BCUT2D eigenvalue weighted by Gasteiger charge is 2.27. The van der Waals surface area contributed by atoms with Gasteiger partial charge in [-0.25, -0.2) is 9.97 Å². The summed E-state index contributed by atoms with van der Waals surface area (Å²) in [6.07, 6.45) is 1.79. The third-order valence-corrected chi connectivity index (χ3v) is 3.70. The number of rotatable bonds is 3. The van der Waals surface area contributed by atoms with Gasteiger partial charge in [0.2, 0.25) is 5.95 Å². The minimum atomic E-state index is 0.109. The number of aromatic nitrogens is 2. The maximum atomic E-state index is 4.42. The van der Waals surface area contributed by atoms with Crippen LogP contribution in [0.15, 0.2) is 29.8 Å². The largest absolute Gasteiger partial charge is 0.346 e. The van der Waals surface area contributed by atoms with E-state index in [9.17, 15) is 0 Å². The topological polar surface area (TPSA) is 37.8 Å². The van der Waals surface area contributed by atoms with Crippen LogP contribution in [0.25, 0.3) is 0 Å². The molecular formula is C14H19N3S. The summed E-state index contributed by atoms with van der Waals surface area (Å²) < 4.78 is 0. The summed E-state index contributed by atoms with van der Waals surface area (Å²) in [5, 5.41) is 5.55. The molecule has 0 radical (unpaired) electrons. The van der Waals surface area contributed by atoms with Crippen molar-refractivity contribution < 1.29 is 0 Å². The number of thiophene rings is 1. The average molecular weight is 261 g/mol. The Morgan fingerprint density at radius 3 is 2.61 bits per heavy atom. The van der Waals surface area contributed by atoms with E-state index in [1.54, 1.807) is 17.5 Å². The number of hydrogen-bond acceptors (Lipinski definition) is 4. The fourth-order valence-corrected chi connectivity index (χ4v) is 2.84. The molecule has 2 rings (SSSR count). The van der Waals surface area contributed by atoms with Crippen LogP contribution in [0, 0.1) is 12.3 Å². The van der Waals surface area contributed by atoms with E-state index in [4.69, 9.17) is 0 Å². The molecule has 96 valence electrons. The molecule has 0 aliphatic rings. The smallest absolute Gasteiger partial charge is 0.223 e. The molecule has 1 N–H and O–H groups in total. The van der Waals surface area contributed by atoms with Crippen LogP contribution < -0.4 is 5.32 Å². The Morgan fingerprint density at radius 2 is 2.06 bits per heavy atom. The minimum Gasteiger partial charge on any atom is -0.346 e. The van der Waals surface area contributed by atoms with E-state index in [-0.39, 0.29) is 11.5 Å². The van der Waals surface area contributed by atoms with Gasteiger partial charge < -0.3 is 5.32 Å². The fourth-order valence-electron chi connectivity index (χ4n) is 1.82. The fraction of sp³-hybridized carbons (Fsp3) is 0.429. The minimum absolute atomic E-state index is 0.109. The van der Waals surface area contributed by atoms with Gasteiger partial charge in [-0.15, -0.1) is 11.3 Å². The van der Waals surface area contributed by atoms with Gasteiger partial charge in [0.15, 0.2) is 0 Å². The lowest BCUT2D eigenvalue weighted by atomic mass is 9.86. The normalized spacial score (nSPS) is 13.3. The summed E-state index contributed by atoms with van der Waals surface area (Å²) in [6.45, 7) is 8.64. The Hall–Kier alpha value is -1.42. The summed E-state index contributed by atoms with van der Waals surface area (Å²) >= 11 is 1.76. The molecule has 4 heteroatoms. The molecule has 0 aliphatic carbocycles. The maximum absolute atomic E-state index is 4.42. The Labute approximate surface area is 112 Å². The van der Waals surface area contributed by atoms with Gasteiger partial charge in [0.05, 0.1) is 6.04 Å². The quantitative estimate of drug-likeness (QED) is 0.906. The molecule has 1 unspecified atom stereocenters. The van der Waals surface area contributed by atoms with Crippen molar-refractivity contribution in [3.05, 3.63) is 40.3 Å². The zero-order chi connectivity index (χ0) is 13.2. The van der Waals surface area contributed by atoms with Gasteiger partial charge in [0.1, 0.15) is 0 Å². The Kier molecular flexibility index (Phi) is 3.66. The standard InChI is InChI=1S/C14H19N3S/c1-10-7-8-15-13(16-10)17-12(14(2,3)4)11-6-5-9-18-11/h5-9,12H,1-4H3,(H,15,16,17). The lowest BCUT2D eigenvalue weighted by molar-refractivity contribution is 0.350. The van der Waals surface area contributed by atoms with Crippen LogP contribution in [-0.4, -0.2) is 9.97 Å². The summed E-state index contributed by atoms with van der Waals surface area (Å²) in [5.74, 6) is 0.698. The van der Waals surface area contributed by atoms with Gasteiger partial charge in [0, 0.05) is 16.8 Å². The maximum Gasteiger partial charge on any atom is 0.223 e. The summed E-state index contributed by atoms with van der Waals surface area (Å²) in [4.78, 5) is 10.0. The first-order chi connectivity index (χ1) is 8.47. The third-order valence-electron chi connectivity index (χ3n) is 2.76. The molecule has 0 aromatic carbocycles. The van der Waals surface area contributed by atoms with E-state index in [0.29, 0.717) is 5.95 Å². The molecule has 18 heavy (non-hydrogen) atoms. The number of nitrogens with one attached hydrogen (secondary N) is 1. The molecule has 0 saturated carbocycles. The van der Waals surface area contributed by atoms with Crippen LogP contribution in [0.3, 0.4) is 0 Å². The van der Waals surface area contributed by atoms with E-state index in [1.165, 1.54) is 4.88 Å². The van der Waals surface area contributed by atoms with Gasteiger partial charge in [-0.2, -0.15) is 0 Å². The molecule has 3 nitrogen and oxygen atoms in total. The van der Waals surface area contributed by atoms with E-state index < -0.39 is 0 Å². The third kappa shape index (κ3) is 3.07. The zero-order valence-corrected chi connectivity index (χ0v) is 12.1. The molecular weight excluding hydrogens is 242 g/mol. The van der Waals surface area contributed by atoms with Crippen molar-refractivity contribution in [2.75, 3.05) is 5.32 Å². The second-order valence-electron chi connectivity index (χ2n) is 5.48. The molecule has 2 heterocycles. The molecule has 2 aromatic rings. The first-order valence-electron chi connectivity index (χ1n) is 6.06. The lowest BCUT2D eigenvalue weighted by Gasteiger charge is -2.30. The number of nitrogens with zero attached hydrogens (tertiary/aromatic N) is 2. The SMILES string of the molecule is Cc1ccnc(NC(c2cccs2)C(C)(C)C)n1. The first kappa shape index (κ1) is 13.0. The second-order valence-corrected chi connectivity index (χ2v) is 6.46. The number of aryl methyl sites for hydroxylation is 1. The summed E-state index contributed by atoms with van der Waals surface area (Å²) in [6, 6.07) is 6.36. The van der Waals surface area contributed by atoms with E-state index in [2.05, 4.69) is 53.6 Å². The predicted octanol–water partition coefficient (Wildman–Crippen LogP) is 4.05. The predicted molar refractivity (Wildman–Crippen MR) is 76.9 cm³/mol. The van der Waals surface area contributed by atoms with Crippen LogP contribution in [0.5, 0.6) is 0 Å². The molecule has 0 fully saturated rings. The van der Waals surface area contributed by atoms with Gasteiger partial charge in [-0.3, -0.25) is 0 Å². The monoisotopic (exact) mass is 261 g/mol. The van der Waals surface area contributed by atoms with Crippen molar-refractivity contribution in [1.29, 1.82) is 0 Å². The molecule has 0 bridgehead atoms. The Balaban J connectivity index is 2.27. The molecule has 0 saturated heterocycles. The van der Waals surface area contributed by atoms with Gasteiger partial charge in [0.25, 0.3) is 0 Å². The van der Waals surface area contributed by atoms with Crippen molar-refractivity contribution >= 4 is 17.3 Å². The second kappa shape index (κ2) is 5.06. The van der Waals surface area contributed by atoms with E-state index in [0.717, 1.165) is 5.69 Å². The number of anilines is 1. The average Bonchev–Trinajstić information content (AvgIpc) is 2.77. The van der Waals surface area contributed by atoms with E-state index in [1.807, 2.05) is 13.0 Å². The highest BCUT2D eigenvalue weighted by Crippen LogP contribution is 2.37. The van der Waals surface area contributed by atoms with Crippen LogP contribution >= 0.6 is 11.3 Å². The highest BCUT2D eigenvalue weighted by atomic mass is 32.1. The molecule has 1 atom stereocenters. The van der Waals surface area contributed by atoms with Crippen molar-refractivity contribution in [3.63, 3.8) is 0 Å². The molecule has 0 aliphatic heterocycles. The molecule has 0 spiro atoms. The summed E-state index contributed by atoms with van der Waals surface area (Å²) in [5.41, 5.74) is 1.09. The van der Waals surface area contributed by atoms with Crippen LogP contribution in [0.4, 0.5) is 5.95 Å². The highest BCUT2D eigenvalue weighted by molar-refractivity contribution is 7.10. The Bertz CT molecular complexity index is 500. The zero-order valence-electron chi connectivity index (χ0n) is 11.3. The van der Waals surface area contributed by atoms with Crippen molar-refractivity contribution in [2.45, 2.75) is 33.7 Å². The van der Waals surface area contributed by atoms with Crippen LogP contribution in [-0.2, 0) is 0 Å². The number of hydrogen-bond donors (Lipinski definition) is 1. The lowest BCUT2D eigenvalue weighted by Crippen LogP contribution is -2.25. The van der Waals surface area contributed by atoms with E-state index >= 15 is 0 Å². The van der Waals surface area contributed by atoms with Crippen molar-refractivity contribution in [2.24, 2.45) is 5.41 Å². The van der Waals surface area contributed by atoms with Gasteiger partial charge in [-0.1, -0.05) is 26.8 Å². The van der Waals surface area contributed by atoms with Crippen LogP contribution in [0.1, 0.15) is 37.4 Å². The van der Waals surface area contributed by atoms with Crippen molar-refractivity contribution in [3.8, 4) is 0 Å². The van der Waals surface area contributed by atoms with Gasteiger partial charge in [-0.05, 0) is 29.9 Å².